The average Bonchev–Trinajstić information content (AvgIpc) is 2.87. The maximum Gasteiger partial charge on any atom is 0.255 e. The van der Waals surface area contributed by atoms with Gasteiger partial charge in [-0.3, -0.25) is 19.7 Å². The van der Waals surface area contributed by atoms with Crippen molar-refractivity contribution in [2.24, 2.45) is 0 Å². The van der Waals surface area contributed by atoms with E-state index in [4.69, 9.17) is 4.74 Å². The smallest absolute Gasteiger partial charge is 0.255 e. The first kappa shape index (κ1) is 16.0. The number of imide groups is 1. The summed E-state index contributed by atoms with van der Waals surface area (Å²) in [4.78, 5) is 38.0. The van der Waals surface area contributed by atoms with Crippen LogP contribution in [0.15, 0.2) is 30.4 Å². The number of piperidine rings is 1. The molecule has 1 aromatic carbocycles. The zero-order valence-corrected chi connectivity index (χ0v) is 14.0. The minimum atomic E-state index is -0.593. The van der Waals surface area contributed by atoms with Gasteiger partial charge in [-0.25, -0.2) is 0 Å². The number of rotatable bonds is 2. The second-order valence-corrected chi connectivity index (χ2v) is 6.73. The van der Waals surface area contributed by atoms with Gasteiger partial charge < -0.3 is 9.64 Å². The quantitative estimate of drug-likeness (QED) is 0.660. The predicted octanol–water partition coefficient (Wildman–Crippen LogP) is 2.03. The molecule has 3 aliphatic heterocycles. The molecule has 6 heteroatoms. The Morgan fingerprint density at radius 2 is 2.04 bits per heavy atom. The standard InChI is InChI=1S/C19H20N2O4/c1-11-14-10-12(16-4-2-3-9-25-16)5-6-13(14)19(24)21(11)15-7-8-17(22)20-18(15)23/h2-3,5-6,10-11,15-16H,4,7-9H2,1H3,(H,20,22,23)/t11-,15+,16-/m1/s1. The number of hydrogen-bond donors (Lipinski definition) is 1. The molecule has 0 aliphatic carbocycles. The summed E-state index contributed by atoms with van der Waals surface area (Å²) in [5.74, 6) is -0.805. The molecule has 3 atom stereocenters. The Morgan fingerprint density at radius 1 is 1.20 bits per heavy atom. The molecule has 1 saturated heterocycles. The van der Waals surface area contributed by atoms with E-state index in [0.717, 1.165) is 17.5 Å². The third-order valence-corrected chi connectivity index (χ3v) is 5.24. The highest BCUT2D eigenvalue weighted by atomic mass is 16.5. The van der Waals surface area contributed by atoms with Crippen LogP contribution in [0.4, 0.5) is 0 Å². The van der Waals surface area contributed by atoms with Crippen LogP contribution in [-0.2, 0) is 14.3 Å². The summed E-state index contributed by atoms with van der Waals surface area (Å²) < 4.78 is 5.77. The molecule has 3 amide bonds. The van der Waals surface area contributed by atoms with E-state index in [2.05, 4.69) is 11.4 Å². The van der Waals surface area contributed by atoms with E-state index in [1.54, 1.807) is 4.90 Å². The summed E-state index contributed by atoms with van der Waals surface area (Å²) in [5, 5.41) is 2.34. The van der Waals surface area contributed by atoms with Crippen molar-refractivity contribution in [3.63, 3.8) is 0 Å². The molecule has 130 valence electrons. The van der Waals surface area contributed by atoms with E-state index in [1.165, 1.54) is 0 Å². The lowest BCUT2D eigenvalue weighted by Crippen LogP contribution is -2.53. The van der Waals surface area contributed by atoms with Crippen LogP contribution >= 0.6 is 0 Å². The molecule has 1 fully saturated rings. The Balaban J connectivity index is 1.63. The van der Waals surface area contributed by atoms with E-state index in [-0.39, 0.29) is 36.3 Å². The number of nitrogens with zero attached hydrogens (tertiary/aromatic N) is 1. The third kappa shape index (κ3) is 2.66. The first-order valence-electron chi connectivity index (χ1n) is 8.63. The normalized spacial score (nSPS) is 28.9. The lowest BCUT2D eigenvalue weighted by atomic mass is 9.97. The van der Waals surface area contributed by atoms with Gasteiger partial charge in [0.2, 0.25) is 11.8 Å². The fourth-order valence-electron chi connectivity index (χ4n) is 3.91. The van der Waals surface area contributed by atoms with Gasteiger partial charge in [0.05, 0.1) is 18.8 Å². The van der Waals surface area contributed by atoms with E-state index in [0.29, 0.717) is 18.6 Å². The number of carbonyl (C=O) groups is 3. The van der Waals surface area contributed by atoms with Gasteiger partial charge in [0.1, 0.15) is 6.04 Å². The number of ether oxygens (including phenoxy) is 1. The van der Waals surface area contributed by atoms with Gasteiger partial charge >= 0.3 is 0 Å². The van der Waals surface area contributed by atoms with Crippen LogP contribution in [0.1, 0.15) is 59.8 Å². The second-order valence-electron chi connectivity index (χ2n) is 6.73. The van der Waals surface area contributed by atoms with Crippen LogP contribution in [0.3, 0.4) is 0 Å². The van der Waals surface area contributed by atoms with Crippen molar-refractivity contribution in [1.29, 1.82) is 0 Å². The summed E-state index contributed by atoms with van der Waals surface area (Å²) in [7, 11) is 0. The molecule has 4 rings (SSSR count). The van der Waals surface area contributed by atoms with Crippen LogP contribution in [-0.4, -0.2) is 35.3 Å². The number of nitrogens with one attached hydrogen (secondary N) is 1. The monoisotopic (exact) mass is 340 g/mol. The summed E-state index contributed by atoms with van der Waals surface area (Å²) in [6, 6.07) is 4.99. The largest absolute Gasteiger partial charge is 0.369 e. The molecule has 25 heavy (non-hydrogen) atoms. The van der Waals surface area contributed by atoms with E-state index in [9.17, 15) is 14.4 Å². The Kier molecular flexibility index (Phi) is 3.92. The SMILES string of the molecule is C[C@@H]1c2cc([C@H]3CC=CCO3)ccc2C(=O)N1[C@H]1CCC(=O)NC1=O. The minimum Gasteiger partial charge on any atom is -0.369 e. The highest BCUT2D eigenvalue weighted by molar-refractivity contribution is 6.05. The molecular formula is C19H20N2O4. The van der Waals surface area contributed by atoms with Gasteiger partial charge in [-0.2, -0.15) is 0 Å². The molecule has 6 nitrogen and oxygen atoms in total. The van der Waals surface area contributed by atoms with E-state index < -0.39 is 6.04 Å². The van der Waals surface area contributed by atoms with Crippen LogP contribution < -0.4 is 5.32 Å². The van der Waals surface area contributed by atoms with Gasteiger partial charge in [-0.15, -0.1) is 0 Å². The molecule has 3 heterocycles. The topological polar surface area (TPSA) is 75.7 Å². The maximum absolute atomic E-state index is 12.8. The molecule has 0 bridgehead atoms. The van der Waals surface area contributed by atoms with Gasteiger partial charge in [0.25, 0.3) is 5.91 Å². The van der Waals surface area contributed by atoms with Crippen LogP contribution in [0.25, 0.3) is 0 Å². The van der Waals surface area contributed by atoms with Gasteiger partial charge in [-0.05, 0) is 37.0 Å². The number of hydrogen-bond acceptors (Lipinski definition) is 4. The van der Waals surface area contributed by atoms with Crippen molar-refractivity contribution in [2.75, 3.05) is 6.61 Å². The Morgan fingerprint density at radius 3 is 2.76 bits per heavy atom. The molecule has 1 aromatic rings. The molecule has 0 aromatic heterocycles. The zero-order chi connectivity index (χ0) is 17.6. The third-order valence-electron chi connectivity index (χ3n) is 5.24. The highest BCUT2D eigenvalue weighted by Gasteiger charge is 2.43. The number of benzene rings is 1. The fourth-order valence-corrected chi connectivity index (χ4v) is 3.91. The van der Waals surface area contributed by atoms with Crippen molar-refractivity contribution in [3.8, 4) is 0 Å². The average molecular weight is 340 g/mol. The Bertz CT molecular complexity index is 786. The van der Waals surface area contributed by atoms with Gasteiger partial charge in [0.15, 0.2) is 0 Å². The number of amides is 3. The van der Waals surface area contributed by atoms with E-state index in [1.807, 2.05) is 31.2 Å². The summed E-state index contributed by atoms with van der Waals surface area (Å²) in [6.45, 7) is 2.53. The second kappa shape index (κ2) is 6.11. The lowest BCUT2D eigenvalue weighted by Gasteiger charge is -2.33. The predicted molar refractivity (Wildman–Crippen MR) is 89.6 cm³/mol. The van der Waals surface area contributed by atoms with Crippen LogP contribution in [0.2, 0.25) is 0 Å². The van der Waals surface area contributed by atoms with Gasteiger partial charge in [0, 0.05) is 12.0 Å². The Hall–Kier alpha value is -2.47. The van der Waals surface area contributed by atoms with Crippen LogP contribution in [0.5, 0.6) is 0 Å². The fraction of sp³-hybridized carbons (Fsp3) is 0.421. The molecule has 1 N–H and O–H groups in total. The molecule has 0 saturated carbocycles. The maximum atomic E-state index is 12.8. The van der Waals surface area contributed by atoms with E-state index >= 15 is 0 Å². The Labute approximate surface area is 145 Å². The number of carbonyl (C=O) groups excluding carboxylic acids is 3. The molecule has 0 spiro atoms. The summed E-state index contributed by atoms with van der Waals surface area (Å²) >= 11 is 0. The van der Waals surface area contributed by atoms with Gasteiger partial charge in [-0.1, -0.05) is 24.3 Å². The summed E-state index contributed by atoms with van der Waals surface area (Å²) in [6.07, 6.45) is 5.56. The van der Waals surface area contributed by atoms with Crippen molar-refractivity contribution in [3.05, 3.63) is 47.0 Å². The molecule has 3 aliphatic rings. The lowest BCUT2D eigenvalue weighted by molar-refractivity contribution is -0.137. The first-order chi connectivity index (χ1) is 12.1. The summed E-state index contributed by atoms with van der Waals surface area (Å²) in [5.41, 5.74) is 2.60. The first-order valence-corrected chi connectivity index (χ1v) is 8.63. The highest BCUT2D eigenvalue weighted by Crippen LogP contribution is 2.38. The zero-order valence-electron chi connectivity index (χ0n) is 14.0. The molecule has 0 unspecified atom stereocenters. The molecular weight excluding hydrogens is 320 g/mol. The minimum absolute atomic E-state index is 0.00209. The van der Waals surface area contributed by atoms with Crippen molar-refractivity contribution in [1.82, 2.24) is 10.2 Å². The number of fused-ring (bicyclic) bond motifs is 1. The molecule has 0 radical (unpaired) electrons. The van der Waals surface area contributed by atoms with Crippen LogP contribution in [0, 0.1) is 0 Å². The van der Waals surface area contributed by atoms with Crippen molar-refractivity contribution < 1.29 is 19.1 Å². The van der Waals surface area contributed by atoms with Crippen molar-refractivity contribution in [2.45, 2.75) is 44.4 Å². The van der Waals surface area contributed by atoms with Crippen molar-refractivity contribution >= 4 is 17.7 Å².